The third kappa shape index (κ3) is 5.56. The van der Waals surface area contributed by atoms with Crippen LogP contribution in [-0.2, 0) is 22.4 Å². The fourth-order valence-electron chi connectivity index (χ4n) is 3.20. The molecular formula is C19H29N3O3S. The number of carbonyl (C=O) groups excluding carboxylic acids is 3. The van der Waals surface area contributed by atoms with Crippen LogP contribution in [-0.4, -0.2) is 35.7 Å². The minimum absolute atomic E-state index is 0.0604. The van der Waals surface area contributed by atoms with Crippen LogP contribution in [0.15, 0.2) is 6.07 Å². The highest BCUT2D eigenvalue weighted by molar-refractivity contribution is 7.14. The predicted molar refractivity (Wildman–Crippen MR) is 103 cm³/mol. The first-order chi connectivity index (χ1) is 12.4. The van der Waals surface area contributed by atoms with Crippen LogP contribution in [0.5, 0.6) is 0 Å². The molecule has 1 aromatic rings. The van der Waals surface area contributed by atoms with Crippen LogP contribution in [0.1, 0.15) is 66.6 Å². The SMILES string of the molecule is CCN(CC)C(=O)CCCC(=O)NNC(=O)c1cc2c(s1)CCC(C)C2. The van der Waals surface area contributed by atoms with Gasteiger partial charge in [-0.15, -0.1) is 11.3 Å². The monoisotopic (exact) mass is 379 g/mol. The zero-order chi connectivity index (χ0) is 19.1. The molecule has 144 valence electrons. The summed E-state index contributed by atoms with van der Waals surface area (Å²) in [5.74, 6) is 0.169. The normalized spacial score (nSPS) is 15.9. The van der Waals surface area contributed by atoms with Crippen molar-refractivity contribution in [1.29, 1.82) is 0 Å². The molecule has 26 heavy (non-hydrogen) atoms. The van der Waals surface area contributed by atoms with Crippen LogP contribution < -0.4 is 10.9 Å². The summed E-state index contributed by atoms with van der Waals surface area (Å²) in [5.41, 5.74) is 6.19. The molecule has 0 spiro atoms. The van der Waals surface area contributed by atoms with Gasteiger partial charge in [-0.2, -0.15) is 0 Å². The summed E-state index contributed by atoms with van der Waals surface area (Å²) in [6.07, 6.45) is 4.25. The Morgan fingerprint density at radius 1 is 1.19 bits per heavy atom. The molecule has 0 radical (unpaired) electrons. The van der Waals surface area contributed by atoms with E-state index in [9.17, 15) is 14.4 Å². The van der Waals surface area contributed by atoms with Crippen molar-refractivity contribution < 1.29 is 14.4 Å². The molecule has 3 amide bonds. The largest absolute Gasteiger partial charge is 0.343 e. The Bertz CT molecular complexity index is 652. The van der Waals surface area contributed by atoms with Crippen LogP contribution in [0.3, 0.4) is 0 Å². The smallest absolute Gasteiger partial charge is 0.279 e. The fourth-order valence-corrected chi connectivity index (χ4v) is 4.31. The van der Waals surface area contributed by atoms with Gasteiger partial charge in [0.2, 0.25) is 11.8 Å². The molecule has 2 N–H and O–H groups in total. The maximum Gasteiger partial charge on any atom is 0.279 e. The van der Waals surface area contributed by atoms with Gasteiger partial charge in [-0.25, -0.2) is 0 Å². The van der Waals surface area contributed by atoms with Gasteiger partial charge in [-0.3, -0.25) is 25.2 Å². The molecule has 0 aliphatic heterocycles. The van der Waals surface area contributed by atoms with E-state index in [4.69, 9.17) is 0 Å². The lowest BCUT2D eigenvalue weighted by atomic mass is 9.90. The van der Waals surface area contributed by atoms with Crippen LogP contribution in [0.4, 0.5) is 0 Å². The molecule has 0 fully saturated rings. The van der Waals surface area contributed by atoms with Gasteiger partial charge >= 0.3 is 0 Å². The molecule has 1 aliphatic carbocycles. The summed E-state index contributed by atoms with van der Waals surface area (Å²) in [6, 6.07) is 1.94. The number of aryl methyl sites for hydroxylation is 1. The number of hydrogen-bond donors (Lipinski definition) is 2. The topological polar surface area (TPSA) is 78.5 Å². The fraction of sp³-hybridized carbons (Fsp3) is 0.632. The quantitative estimate of drug-likeness (QED) is 0.715. The molecule has 0 saturated carbocycles. The Balaban J connectivity index is 1.72. The van der Waals surface area contributed by atoms with Crippen molar-refractivity contribution in [3.63, 3.8) is 0 Å². The van der Waals surface area contributed by atoms with E-state index >= 15 is 0 Å². The first-order valence-electron chi connectivity index (χ1n) is 9.43. The molecule has 6 nitrogen and oxygen atoms in total. The van der Waals surface area contributed by atoms with Crippen molar-refractivity contribution in [2.45, 2.75) is 59.3 Å². The highest BCUT2D eigenvalue weighted by Crippen LogP contribution is 2.32. The number of thiophene rings is 1. The van der Waals surface area contributed by atoms with Gasteiger partial charge in [0.1, 0.15) is 0 Å². The van der Waals surface area contributed by atoms with Crippen molar-refractivity contribution in [3.05, 3.63) is 21.4 Å². The number of carbonyl (C=O) groups is 3. The standard InChI is InChI=1S/C19H29N3O3S/c1-4-22(5-2)18(24)8-6-7-17(23)20-21-19(25)16-12-14-11-13(3)9-10-15(14)26-16/h12-13H,4-11H2,1-3H3,(H,20,23)(H,21,25). The maximum absolute atomic E-state index is 12.2. The van der Waals surface area contributed by atoms with Gasteiger partial charge < -0.3 is 4.90 Å². The number of hydrogen-bond acceptors (Lipinski definition) is 4. The number of nitrogens with one attached hydrogen (secondary N) is 2. The Hall–Kier alpha value is -1.89. The van der Waals surface area contributed by atoms with Crippen LogP contribution in [0.2, 0.25) is 0 Å². The van der Waals surface area contributed by atoms with E-state index in [2.05, 4.69) is 17.8 Å². The molecule has 1 aromatic heterocycles. The second-order valence-corrected chi connectivity index (χ2v) is 7.97. The van der Waals surface area contributed by atoms with Gasteiger partial charge in [0.05, 0.1) is 4.88 Å². The average Bonchev–Trinajstić information content (AvgIpc) is 3.04. The van der Waals surface area contributed by atoms with Crippen molar-refractivity contribution in [2.75, 3.05) is 13.1 Å². The minimum atomic E-state index is -0.277. The highest BCUT2D eigenvalue weighted by atomic mass is 32.1. The first-order valence-corrected chi connectivity index (χ1v) is 10.2. The van der Waals surface area contributed by atoms with Gasteiger partial charge in [0, 0.05) is 30.8 Å². The van der Waals surface area contributed by atoms with Gasteiger partial charge in [-0.1, -0.05) is 6.92 Å². The Labute approximate surface area is 159 Å². The molecule has 0 aromatic carbocycles. The van der Waals surface area contributed by atoms with E-state index in [-0.39, 0.29) is 24.1 Å². The summed E-state index contributed by atoms with van der Waals surface area (Å²) in [5, 5.41) is 0. The lowest BCUT2D eigenvalue weighted by molar-refractivity contribution is -0.131. The van der Waals surface area contributed by atoms with E-state index in [1.807, 2.05) is 19.9 Å². The summed E-state index contributed by atoms with van der Waals surface area (Å²) < 4.78 is 0. The average molecular weight is 380 g/mol. The van der Waals surface area contributed by atoms with Crippen molar-refractivity contribution in [3.8, 4) is 0 Å². The van der Waals surface area contributed by atoms with Crippen LogP contribution in [0, 0.1) is 5.92 Å². The Morgan fingerprint density at radius 3 is 2.62 bits per heavy atom. The summed E-state index contributed by atoms with van der Waals surface area (Å²) >= 11 is 1.51. The van der Waals surface area contributed by atoms with Crippen molar-refractivity contribution in [1.82, 2.24) is 15.8 Å². The van der Waals surface area contributed by atoms with Gasteiger partial charge in [0.25, 0.3) is 5.91 Å². The summed E-state index contributed by atoms with van der Waals surface area (Å²) in [7, 11) is 0. The molecule has 1 unspecified atom stereocenters. The molecule has 1 aliphatic rings. The van der Waals surface area contributed by atoms with E-state index in [1.54, 1.807) is 4.90 Å². The van der Waals surface area contributed by atoms with E-state index in [0.717, 1.165) is 19.3 Å². The summed E-state index contributed by atoms with van der Waals surface area (Å²) in [6.45, 7) is 7.47. The van der Waals surface area contributed by atoms with Crippen LogP contribution >= 0.6 is 11.3 Å². The molecular weight excluding hydrogens is 350 g/mol. The zero-order valence-electron chi connectivity index (χ0n) is 15.9. The second kappa shape index (κ2) is 9.71. The second-order valence-electron chi connectivity index (χ2n) is 6.83. The number of amides is 3. The minimum Gasteiger partial charge on any atom is -0.343 e. The predicted octanol–water partition coefficient (Wildman–Crippen LogP) is 2.67. The zero-order valence-corrected chi connectivity index (χ0v) is 16.7. The van der Waals surface area contributed by atoms with E-state index in [0.29, 0.717) is 36.7 Å². The summed E-state index contributed by atoms with van der Waals surface area (Å²) in [4.78, 5) is 39.6. The Morgan fingerprint density at radius 2 is 1.92 bits per heavy atom. The third-order valence-corrected chi connectivity index (χ3v) is 6.01. The van der Waals surface area contributed by atoms with Crippen molar-refractivity contribution in [2.24, 2.45) is 5.92 Å². The number of rotatable bonds is 7. The lowest BCUT2D eigenvalue weighted by Gasteiger charge is -2.18. The molecule has 0 saturated heterocycles. The molecule has 2 rings (SSSR count). The Kier molecular flexibility index (Phi) is 7.63. The molecule has 1 heterocycles. The highest BCUT2D eigenvalue weighted by Gasteiger charge is 2.21. The molecule has 0 bridgehead atoms. The van der Waals surface area contributed by atoms with E-state index < -0.39 is 0 Å². The van der Waals surface area contributed by atoms with Crippen molar-refractivity contribution >= 4 is 29.1 Å². The molecule has 1 atom stereocenters. The maximum atomic E-state index is 12.2. The van der Waals surface area contributed by atoms with Crippen LogP contribution in [0.25, 0.3) is 0 Å². The van der Waals surface area contributed by atoms with Gasteiger partial charge in [-0.05, 0) is 57.1 Å². The first kappa shape index (κ1) is 20.4. The van der Waals surface area contributed by atoms with Gasteiger partial charge in [0.15, 0.2) is 0 Å². The molecule has 7 heteroatoms. The number of fused-ring (bicyclic) bond motifs is 1. The number of nitrogens with zero attached hydrogens (tertiary/aromatic N) is 1. The lowest BCUT2D eigenvalue weighted by Crippen LogP contribution is -2.41. The number of hydrazine groups is 1. The van der Waals surface area contributed by atoms with E-state index in [1.165, 1.54) is 21.8 Å². The third-order valence-electron chi connectivity index (χ3n) is 4.78.